The summed E-state index contributed by atoms with van der Waals surface area (Å²) in [6, 6.07) is 21.1. The smallest absolute Gasteiger partial charge is 0.135 e. The van der Waals surface area contributed by atoms with E-state index in [0.29, 0.717) is 22.8 Å². The Labute approximate surface area is 184 Å². The van der Waals surface area contributed by atoms with Crippen molar-refractivity contribution in [3.8, 4) is 21.7 Å². The van der Waals surface area contributed by atoms with Crippen molar-refractivity contribution in [2.24, 2.45) is 5.92 Å². The summed E-state index contributed by atoms with van der Waals surface area (Å²) in [4.78, 5) is 5.19. The molecule has 0 aliphatic rings. The molecule has 0 amide bonds. The monoisotopic (exact) mass is 429 g/mol. The molecule has 5 rings (SSSR count). The second-order valence-corrected chi connectivity index (χ2v) is 9.34. The maximum Gasteiger partial charge on any atom is 0.135 e. The maximum atomic E-state index is 14.9. The fourth-order valence-corrected chi connectivity index (χ4v) is 5.30. The van der Waals surface area contributed by atoms with Crippen LogP contribution in [0, 0.1) is 17.6 Å². The van der Waals surface area contributed by atoms with Crippen molar-refractivity contribution in [2.75, 3.05) is 0 Å². The second-order valence-electron chi connectivity index (χ2n) is 8.28. The lowest BCUT2D eigenvalue weighted by atomic mass is 10.00. The lowest BCUT2D eigenvalue weighted by Gasteiger charge is -2.08. The zero-order valence-corrected chi connectivity index (χ0v) is 18.1. The van der Waals surface area contributed by atoms with Gasteiger partial charge in [-0.25, -0.2) is 8.78 Å². The van der Waals surface area contributed by atoms with Gasteiger partial charge in [-0.05, 0) is 64.4 Å². The zero-order valence-electron chi connectivity index (χ0n) is 17.3. The summed E-state index contributed by atoms with van der Waals surface area (Å²) in [6.45, 7) is 4.08. The molecule has 0 aliphatic heterocycles. The molecule has 4 heteroatoms. The molecule has 0 aliphatic carbocycles. The molecule has 154 valence electrons. The minimum absolute atomic E-state index is 0.0400. The lowest BCUT2D eigenvalue weighted by Crippen LogP contribution is -1.98. The van der Waals surface area contributed by atoms with Gasteiger partial charge < -0.3 is 0 Å². The van der Waals surface area contributed by atoms with Crippen LogP contribution in [-0.2, 0) is 6.42 Å². The molecule has 0 atom stereocenters. The molecule has 5 aromatic rings. The van der Waals surface area contributed by atoms with Gasteiger partial charge in [-0.15, -0.1) is 11.3 Å². The van der Waals surface area contributed by atoms with Gasteiger partial charge >= 0.3 is 0 Å². The molecule has 0 fully saturated rings. The van der Waals surface area contributed by atoms with Crippen molar-refractivity contribution < 1.29 is 8.78 Å². The summed E-state index contributed by atoms with van der Waals surface area (Å²) in [7, 11) is 0. The summed E-state index contributed by atoms with van der Waals surface area (Å²) in [5.74, 6) is -0.686. The highest BCUT2D eigenvalue weighted by Gasteiger charge is 2.18. The van der Waals surface area contributed by atoms with Crippen LogP contribution in [0.25, 0.3) is 42.6 Å². The number of hydrogen-bond donors (Lipinski definition) is 0. The number of pyridine rings is 1. The van der Waals surface area contributed by atoms with E-state index in [2.05, 4.69) is 29.2 Å². The molecule has 0 unspecified atom stereocenters. The Bertz CT molecular complexity index is 1390. The van der Waals surface area contributed by atoms with Crippen LogP contribution in [0.4, 0.5) is 8.78 Å². The topological polar surface area (TPSA) is 12.9 Å². The van der Waals surface area contributed by atoms with Crippen LogP contribution >= 0.6 is 11.3 Å². The van der Waals surface area contributed by atoms with E-state index < -0.39 is 11.6 Å². The van der Waals surface area contributed by atoms with Crippen molar-refractivity contribution in [1.29, 1.82) is 0 Å². The molecule has 0 radical (unpaired) electrons. The Morgan fingerprint density at radius 3 is 2.32 bits per heavy atom. The summed E-state index contributed by atoms with van der Waals surface area (Å²) < 4.78 is 30.8. The maximum absolute atomic E-state index is 14.9. The third-order valence-electron chi connectivity index (χ3n) is 5.45. The predicted octanol–water partition coefficient (Wildman–Crippen LogP) is 8.26. The largest absolute Gasteiger partial charge is 0.255 e. The van der Waals surface area contributed by atoms with Crippen LogP contribution in [0.5, 0.6) is 0 Å². The Morgan fingerprint density at radius 2 is 1.58 bits per heavy atom. The zero-order chi connectivity index (χ0) is 21.5. The van der Waals surface area contributed by atoms with E-state index in [9.17, 15) is 8.78 Å². The highest BCUT2D eigenvalue weighted by atomic mass is 32.1. The van der Waals surface area contributed by atoms with Gasteiger partial charge in [-0.3, -0.25) is 4.98 Å². The molecule has 0 bridgehead atoms. The van der Waals surface area contributed by atoms with Gasteiger partial charge in [0.25, 0.3) is 0 Å². The molecule has 31 heavy (non-hydrogen) atoms. The van der Waals surface area contributed by atoms with Gasteiger partial charge in [0.2, 0.25) is 0 Å². The molecule has 1 nitrogen and oxygen atoms in total. The number of aromatic nitrogens is 1. The number of hydrogen-bond acceptors (Lipinski definition) is 2. The van der Waals surface area contributed by atoms with E-state index in [0.717, 1.165) is 32.1 Å². The van der Waals surface area contributed by atoms with E-state index in [-0.39, 0.29) is 5.56 Å². The molecule has 2 aromatic heterocycles. The summed E-state index contributed by atoms with van der Waals surface area (Å²) in [6.07, 6.45) is 2.40. The summed E-state index contributed by atoms with van der Waals surface area (Å²) in [5, 5.41) is 3.23. The lowest BCUT2D eigenvalue weighted by molar-refractivity contribution is 0.577. The van der Waals surface area contributed by atoms with Gasteiger partial charge in [-0.1, -0.05) is 50.2 Å². The highest BCUT2D eigenvalue weighted by molar-refractivity contribution is 7.22. The summed E-state index contributed by atoms with van der Waals surface area (Å²) in [5.41, 5.74) is 2.55. The molecule has 0 saturated heterocycles. The van der Waals surface area contributed by atoms with Crippen molar-refractivity contribution in [2.45, 2.75) is 20.3 Å². The van der Waals surface area contributed by atoms with Crippen LogP contribution in [-0.4, -0.2) is 4.98 Å². The molecular formula is C27H21F2NS. The first kappa shape index (κ1) is 19.8. The van der Waals surface area contributed by atoms with Crippen molar-refractivity contribution in [3.05, 3.63) is 90.1 Å². The molecule has 0 N–H and O–H groups in total. The van der Waals surface area contributed by atoms with Crippen LogP contribution in [0.2, 0.25) is 0 Å². The third-order valence-corrected chi connectivity index (χ3v) is 6.62. The average molecular weight is 430 g/mol. The van der Waals surface area contributed by atoms with Gasteiger partial charge in [0.05, 0.1) is 16.0 Å². The van der Waals surface area contributed by atoms with E-state index in [4.69, 9.17) is 0 Å². The van der Waals surface area contributed by atoms with Crippen LogP contribution in [0.3, 0.4) is 0 Å². The van der Waals surface area contributed by atoms with Crippen LogP contribution < -0.4 is 0 Å². The Balaban J connectivity index is 1.63. The first-order valence-electron chi connectivity index (χ1n) is 10.4. The second kappa shape index (κ2) is 7.86. The van der Waals surface area contributed by atoms with Gasteiger partial charge in [0, 0.05) is 16.6 Å². The number of thiophene rings is 1. The minimum atomic E-state index is -0.512. The number of rotatable bonds is 4. The standard InChI is InChI=1S/C27H21F2NS/c1-16(2)11-17-12-22(28)25(23(29)13-17)24-15-21-9-10-30-26(27(21)31-24)20-8-7-18-5-3-4-6-19(18)14-20/h3-10,12-16H,11H2,1-2H3. The van der Waals surface area contributed by atoms with Gasteiger partial charge in [0.15, 0.2) is 0 Å². The van der Waals surface area contributed by atoms with Gasteiger partial charge in [0.1, 0.15) is 11.6 Å². The predicted molar refractivity (Wildman–Crippen MR) is 126 cm³/mol. The average Bonchev–Trinajstić information content (AvgIpc) is 3.16. The Kier molecular flexibility index (Phi) is 5.03. The minimum Gasteiger partial charge on any atom is -0.255 e. The van der Waals surface area contributed by atoms with Crippen LogP contribution in [0.1, 0.15) is 19.4 Å². The molecule has 2 heterocycles. The number of nitrogens with zero attached hydrogens (tertiary/aromatic N) is 1. The number of halogens is 2. The van der Waals surface area contributed by atoms with Crippen LogP contribution in [0.15, 0.2) is 72.9 Å². The van der Waals surface area contributed by atoms with Gasteiger partial charge in [-0.2, -0.15) is 0 Å². The molecule has 3 aromatic carbocycles. The van der Waals surface area contributed by atoms with Crippen molar-refractivity contribution >= 4 is 32.2 Å². The normalized spacial score (nSPS) is 11.6. The van der Waals surface area contributed by atoms with E-state index in [1.165, 1.54) is 23.5 Å². The molecular weight excluding hydrogens is 408 g/mol. The Morgan fingerprint density at radius 1 is 0.839 bits per heavy atom. The first-order chi connectivity index (χ1) is 15.0. The molecule has 0 saturated carbocycles. The number of fused-ring (bicyclic) bond motifs is 2. The van der Waals surface area contributed by atoms with E-state index >= 15 is 0 Å². The van der Waals surface area contributed by atoms with E-state index in [1.54, 1.807) is 6.20 Å². The summed E-state index contributed by atoms with van der Waals surface area (Å²) >= 11 is 1.38. The van der Waals surface area contributed by atoms with Crippen molar-refractivity contribution in [1.82, 2.24) is 4.98 Å². The quantitative estimate of drug-likeness (QED) is 0.280. The fourth-order valence-electron chi connectivity index (χ4n) is 4.08. The fraction of sp³-hybridized carbons (Fsp3) is 0.148. The van der Waals surface area contributed by atoms with Crippen molar-refractivity contribution in [3.63, 3.8) is 0 Å². The third kappa shape index (κ3) is 3.72. The molecule has 0 spiro atoms. The Hall–Kier alpha value is -3.11. The highest BCUT2D eigenvalue weighted by Crippen LogP contribution is 2.40. The number of benzene rings is 3. The first-order valence-corrected chi connectivity index (χ1v) is 11.2. The SMILES string of the molecule is CC(C)Cc1cc(F)c(-c2cc3ccnc(-c4ccc5ccccc5c4)c3s2)c(F)c1. The van der Waals surface area contributed by atoms with E-state index in [1.807, 2.05) is 44.2 Å².